The molecule has 0 aliphatic rings. The van der Waals surface area contributed by atoms with Gasteiger partial charge >= 0.3 is 0 Å². The fourth-order valence-electron chi connectivity index (χ4n) is 1.73. The van der Waals surface area contributed by atoms with E-state index in [9.17, 15) is 4.79 Å². The van der Waals surface area contributed by atoms with Gasteiger partial charge in [-0.2, -0.15) is 0 Å². The maximum Gasteiger partial charge on any atom is 0.238 e. The summed E-state index contributed by atoms with van der Waals surface area (Å²) in [6.07, 6.45) is 4.02. The minimum Gasteiger partial charge on any atom is -0.444 e. The molecule has 2 rings (SSSR count). The zero-order valence-corrected chi connectivity index (χ0v) is 11.7. The Morgan fingerprint density at radius 2 is 2.30 bits per heavy atom. The molecule has 2 N–H and O–H groups in total. The summed E-state index contributed by atoms with van der Waals surface area (Å²) in [6.45, 7) is 4.44. The van der Waals surface area contributed by atoms with Gasteiger partial charge in [-0.1, -0.05) is 19.1 Å². The van der Waals surface area contributed by atoms with E-state index in [2.05, 4.69) is 29.5 Å². The molecule has 20 heavy (non-hydrogen) atoms. The van der Waals surface area contributed by atoms with Crippen molar-refractivity contribution in [1.82, 2.24) is 10.3 Å². The fraction of sp³-hybridized carbons (Fsp3) is 0.333. The van der Waals surface area contributed by atoms with E-state index in [0.29, 0.717) is 18.3 Å². The molecule has 0 aliphatic heterocycles. The molecular weight excluding hydrogens is 254 g/mol. The fourth-order valence-corrected chi connectivity index (χ4v) is 1.73. The Kier molecular flexibility index (Phi) is 4.90. The third-order valence-corrected chi connectivity index (χ3v) is 3.09. The quantitative estimate of drug-likeness (QED) is 0.849. The lowest BCUT2D eigenvalue weighted by atomic mass is 10.1. The van der Waals surface area contributed by atoms with Crippen LogP contribution in [0.3, 0.4) is 0 Å². The number of benzene rings is 1. The zero-order valence-electron chi connectivity index (χ0n) is 11.7. The van der Waals surface area contributed by atoms with Crippen LogP contribution in [0.4, 0.5) is 5.69 Å². The highest BCUT2D eigenvalue weighted by molar-refractivity contribution is 5.92. The number of aromatic nitrogens is 1. The third-order valence-electron chi connectivity index (χ3n) is 3.09. The summed E-state index contributed by atoms with van der Waals surface area (Å²) in [7, 11) is 0. The average Bonchev–Trinajstić information content (AvgIpc) is 2.99. The van der Waals surface area contributed by atoms with Crippen LogP contribution in [0.2, 0.25) is 0 Å². The lowest BCUT2D eigenvalue weighted by Gasteiger charge is -2.11. The summed E-state index contributed by atoms with van der Waals surface area (Å²) in [5.41, 5.74) is 1.63. The number of nitrogens with one attached hydrogen (secondary N) is 2. The molecule has 1 aromatic carbocycles. The number of carbonyl (C=O) groups is 1. The maximum atomic E-state index is 11.8. The van der Waals surface area contributed by atoms with Crippen LogP contribution in [-0.2, 0) is 4.79 Å². The lowest BCUT2D eigenvalue weighted by molar-refractivity contribution is -0.115. The number of carbonyl (C=O) groups excluding carboxylic acids is 1. The summed E-state index contributed by atoms with van der Waals surface area (Å²) < 4.78 is 5.24. The minimum atomic E-state index is -0.0555. The molecule has 1 unspecified atom stereocenters. The Hall–Kier alpha value is -2.14. The van der Waals surface area contributed by atoms with Crippen molar-refractivity contribution in [1.29, 1.82) is 0 Å². The molecule has 1 atom stereocenters. The van der Waals surface area contributed by atoms with Crippen LogP contribution in [-0.4, -0.2) is 23.5 Å². The number of amides is 1. The molecule has 1 amide bonds. The molecule has 1 heterocycles. The van der Waals surface area contributed by atoms with Gasteiger partial charge in [0.1, 0.15) is 0 Å². The van der Waals surface area contributed by atoms with E-state index in [1.165, 1.54) is 6.39 Å². The van der Waals surface area contributed by atoms with Gasteiger partial charge in [0.2, 0.25) is 5.91 Å². The van der Waals surface area contributed by atoms with E-state index >= 15 is 0 Å². The van der Waals surface area contributed by atoms with Crippen molar-refractivity contribution >= 4 is 11.6 Å². The Bertz CT molecular complexity index is 552. The van der Waals surface area contributed by atoms with E-state index < -0.39 is 0 Å². The highest BCUT2D eigenvalue weighted by atomic mass is 16.3. The Morgan fingerprint density at radius 1 is 1.45 bits per heavy atom. The van der Waals surface area contributed by atoms with Gasteiger partial charge in [-0.15, -0.1) is 0 Å². The minimum absolute atomic E-state index is 0.0555. The van der Waals surface area contributed by atoms with Gasteiger partial charge in [-0.05, 0) is 25.5 Å². The van der Waals surface area contributed by atoms with Gasteiger partial charge in [-0.3, -0.25) is 4.79 Å². The maximum absolute atomic E-state index is 11.8. The molecule has 0 radical (unpaired) electrons. The molecule has 5 nitrogen and oxygen atoms in total. The Balaban J connectivity index is 1.96. The van der Waals surface area contributed by atoms with E-state index in [-0.39, 0.29) is 5.91 Å². The van der Waals surface area contributed by atoms with Gasteiger partial charge < -0.3 is 15.1 Å². The zero-order chi connectivity index (χ0) is 14.4. The molecular formula is C15H19N3O2. The van der Waals surface area contributed by atoms with Crippen LogP contribution in [0.15, 0.2) is 41.3 Å². The van der Waals surface area contributed by atoms with Gasteiger partial charge in [0.05, 0.1) is 12.7 Å². The summed E-state index contributed by atoms with van der Waals surface area (Å²) in [5, 5.41) is 6.01. The van der Waals surface area contributed by atoms with Crippen LogP contribution in [0.5, 0.6) is 0 Å². The van der Waals surface area contributed by atoms with Crippen LogP contribution >= 0.6 is 0 Å². The second-order valence-corrected chi connectivity index (χ2v) is 4.68. The van der Waals surface area contributed by atoms with Crippen molar-refractivity contribution in [3.05, 3.63) is 36.9 Å². The van der Waals surface area contributed by atoms with Gasteiger partial charge in [0.25, 0.3) is 0 Å². The summed E-state index contributed by atoms with van der Waals surface area (Å²) >= 11 is 0. The van der Waals surface area contributed by atoms with Crippen molar-refractivity contribution in [2.24, 2.45) is 0 Å². The number of oxazole rings is 1. The molecule has 0 bridgehead atoms. The molecule has 0 spiro atoms. The van der Waals surface area contributed by atoms with Crippen LogP contribution < -0.4 is 10.6 Å². The van der Waals surface area contributed by atoms with Crippen molar-refractivity contribution in [3.63, 3.8) is 0 Å². The van der Waals surface area contributed by atoms with Gasteiger partial charge in [0.15, 0.2) is 12.2 Å². The van der Waals surface area contributed by atoms with E-state index in [1.54, 1.807) is 6.20 Å². The molecule has 2 aromatic rings. The molecule has 0 saturated carbocycles. The molecule has 1 aromatic heterocycles. The first-order valence-corrected chi connectivity index (χ1v) is 6.71. The molecule has 106 valence electrons. The largest absolute Gasteiger partial charge is 0.444 e. The molecule has 5 heteroatoms. The standard InChI is InChI=1S/C15H19N3O2/c1-3-11(2)17-9-15(19)18-13-6-4-5-12(7-13)14-8-16-10-20-14/h4-8,10-11,17H,3,9H2,1-2H3,(H,18,19). The smallest absolute Gasteiger partial charge is 0.238 e. The number of rotatable bonds is 6. The molecule has 0 fully saturated rings. The van der Waals surface area contributed by atoms with Crippen molar-refractivity contribution in [2.45, 2.75) is 26.3 Å². The number of hydrogen-bond donors (Lipinski definition) is 2. The predicted molar refractivity (Wildman–Crippen MR) is 78.3 cm³/mol. The second-order valence-electron chi connectivity index (χ2n) is 4.68. The van der Waals surface area contributed by atoms with Crippen molar-refractivity contribution in [2.75, 3.05) is 11.9 Å². The molecule has 0 saturated heterocycles. The Labute approximate surface area is 118 Å². The highest BCUT2D eigenvalue weighted by Gasteiger charge is 2.06. The topological polar surface area (TPSA) is 67.2 Å². The summed E-state index contributed by atoms with van der Waals surface area (Å²) in [4.78, 5) is 15.7. The predicted octanol–water partition coefficient (Wildman–Crippen LogP) is 2.67. The normalized spacial score (nSPS) is 12.1. The average molecular weight is 273 g/mol. The Morgan fingerprint density at radius 3 is 3.00 bits per heavy atom. The van der Waals surface area contributed by atoms with Crippen molar-refractivity contribution in [3.8, 4) is 11.3 Å². The number of anilines is 1. The van der Waals surface area contributed by atoms with Gasteiger partial charge in [0, 0.05) is 17.3 Å². The second kappa shape index (κ2) is 6.86. The van der Waals surface area contributed by atoms with Crippen LogP contribution in [0.1, 0.15) is 20.3 Å². The lowest BCUT2D eigenvalue weighted by Crippen LogP contribution is -2.33. The highest BCUT2D eigenvalue weighted by Crippen LogP contribution is 2.21. The monoisotopic (exact) mass is 273 g/mol. The first kappa shape index (κ1) is 14.3. The summed E-state index contributed by atoms with van der Waals surface area (Å²) in [6, 6.07) is 7.83. The number of nitrogens with zero attached hydrogens (tertiary/aromatic N) is 1. The first-order valence-electron chi connectivity index (χ1n) is 6.71. The van der Waals surface area contributed by atoms with E-state index in [1.807, 2.05) is 24.3 Å². The number of hydrogen-bond acceptors (Lipinski definition) is 4. The first-order chi connectivity index (χ1) is 9.69. The third kappa shape index (κ3) is 3.93. The van der Waals surface area contributed by atoms with Crippen LogP contribution in [0, 0.1) is 0 Å². The van der Waals surface area contributed by atoms with Crippen LogP contribution in [0.25, 0.3) is 11.3 Å². The van der Waals surface area contributed by atoms with E-state index in [0.717, 1.165) is 17.7 Å². The van der Waals surface area contributed by atoms with Crippen molar-refractivity contribution < 1.29 is 9.21 Å². The SMILES string of the molecule is CCC(C)NCC(=O)Nc1cccc(-c2cnco2)c1. The summed E-state index contributed by atoms with van der Waals surface area (Å²) in [5.74, 6) is 0.624. The van der Waals surface area contributed by atoms with E-state index in [4.69, 9.17) is 4.42 Å². The molecule has 0 aliphatic carbocycles. The van der Waals surface area contributed by atoms with Gasteiger partial charge in [-0.25, -0.2) is 4.98 Å².